The van der Waals surface area contributed by atoms with E-state index in [-0.39, 0.29) is 11.6 Å². The Kier molecular flexibility index (Phi) is 3.58. The molecule has 1 heterocycles. The van der Waals surface area contributed by atoms with E-state index >= 15 is 0 Å². The van der Waals surface area contributed by atoms with Crippen LogP contribution in [0.1, 0.15) is 29.0 Å². The topological polar surface area (TPSA) is 77.1 Å². The van der Waals surface area contributed by atoms with E-state index in [0.29, 0.717) is 12.3 Å². The Labute approximate surface area is 81.6 Å². The molecule has 6 nitrogen and oxygen atoms in total. The number of hydrogen-bond acceptors (Lipinski definition) is 5. The third-order valence-corrected chi connectivity index (χ3v) is 1.84. The molecule has 6 heteroatoms. The maximum atomic E-state index is 11.2. The van der Waals surface area contributed by atoms with Crippen molar-refractivity contribution < 1.29 is 14.3 Å². The van der Waals surface area contributed by atoms with E-state index < -0.39 is 5.97 Å². The fraction of sp³-hybridized carbons (Fsp3) is 0.625. The van der Waals surface area contributed by atoms with Crippen LogP contribution in [0.25, 0.3) is 0 Å². The number of nitrogens with one attached hydrogen (secondary N) is 1. The molecule has 1 aromatic rings. The average Bonchev–Trinajstić information content (AvgIpc) is 2.65. The number of hydrogen-bond donors (Lipinski definition) is 1. The lowest BCUT2D eigenvalue weighted by Crippen LogP contribution is -2.10. The van der Waals surface area contributed by atoms with Crippen LogP contribution in [-0.2, 0) is 9.47 Å². The Balaban J connectivity index is 2.86. The molecular weight excluding hydrogens is 186 g/mol. The summed E-state index contributed by atoms with van der Waals surface area (Å²) in [5.41, 5.74) is 0.788. The van der Waals surface area contributed by atoms with E-state index in [1.807, 2.05) is 6.92 Å². The number of rotatable bonds is 4. The van der Waals surface area contributed by atoms with Crippen molar-refractivity contribution in [1.82, 2.24) is 15.4 Å². The fourth-order valence-corrected chi connectivity index (χ4v) is 1.16. The summed E-state index contributed by atoms with van der Waals surface area (Å²) in [5.74, 6) is -0.482. The molecule has 1 unspecified atom stereocenters. The van der Waals surface area contributed by atoms with Crippen LogP contribution in [-0.4, -0.2) is 42.2 Å². The van der Waals surface area contributed by atoms with Gasteiger partial charge in [0.1, 0.15) is 5.69 Å². The summed E-state index contributed by atoms with van der Waals surface area (Å²) >= 11 is 0. The smallest absolute Gasteiger partial charge is 0.360 e. The van der Waals surface area contributed by atoms with E-state index in [0.717, 1.165) is 0 Å². The van der Waals surface area contributed by atoms with Crippen LogP contribution < -0.4 is 0 Å². The average molecular weight is 199 g/mol. The van der Waals surface area contributed by atoms with E-state index in [4.69, 9.17) is 4.74 Å². The summed E-state index contributed by atoms with van der Waals surface area (Å²) in [7, 11) is 2.90. The molecule has 1 aromatic heterocycles. The fourth-order valence-electron chi connectivity index (χ4n) is 1.16. The number of H-pyrrole nitrogens is 1. The quantitative estimate of drug-likeness (QED) is 0.707. The monoisotopic (exact) mass is 199 g/mol. The highest BCUT2D eigenvalue weighted by molar-refractivity contribution is 5.88. The van der Waals surface area contributed by atoms with Gasteiger partial charge in [0.2, 0.25) is 0 Å². The summed E-state index contributed by atoms with van der Waals surface area (Å²) in [6.07, 6.45) is 0. The van der Waals surface area contributed by atoms with Gasteiger partial charge in [-0.2, -0.15) is 10.3 Å². The second kappa shape index (κ2) is 4.71. The van der Waals surface area contributed by atoms with Crippen LogP contribution in [0.5, 0.6) is 0 Å². The second-order valence-corrected chi connectivity index (χ2v) is 2.91. The largest absolute Gasteiger partial charge is 0.464 e. The molecule has 0 saturated carbocycles. The minimum Gasteiger partial charge on any atom is -0.464 e. The second-order valence-electron chi connectivity index (χ2n) is 2.91. The van der Waals surface area contributed by atoms with Crippen molar-refractivity contribution in [2.45, 2.75) is 12.8 Å². The van der Waals surface area contributed by atoms with Crippen molar-refractivity contribution in [1.29, 1.82) is 0 Å². The van der Waals surface area contributed by atoms with Gasteiger partial charge >= 0.3 is 5.97 Å². The van der Waals surface area contributed by atoms with Crippen molar-refractivity contribution in [2.75, 3.05) is 20.8 Å². The van der Waals surface area contributed by atoms with Gasteiger partial charge in [-0.05, 0) is 0 Å². The Morgan fingerprint density at radius 2 is 2.21 bits per heavy atom. The number of ether oxygens (including phenoxy) is 2. The number of carbonyl (C=O) groups excluding carboxylic acids is 1. The zero-order chi connectivity index (χ0) is 10.6. The highest BCUT2D eigenvalue weighted by Crippen LogP contribution is 2.15. The molecule has 78 valence electrons. The van der Waals surface area contributed by atoms with E-state index in [2.05, 4.69) is 20.1 Å². The molecule has 1 N–H and O–H groups in total. The van der Waals surface area contributed by atoms with Gasteiger partial charge in [0.05, 0.1) is 13.7 Å². The van der Waals surface area contributed by atoms with Crippen molar-refractivity contribution >= 4 is 5.97 Å². The first kappa shape index (κ1) is 10.6. The van der Waals surface area contributed by atoms with Gasteiger partial charge < -0.3 is 9.47 Å². The van der Waals surface area contributed by atoms with Crippen molar-refractivity contribution in [3.63, 3.8) is 0 Å². The molecular formula is C8H13N3O3. The molecule has 0 spiro atoms. The summed E-state index contributed by atoms with van der Waals surface area (Å²) in [6, 6.07) is 0. The Hall–Kier alpha value is -1.43. The molecule has 1 atom stereocenters. The first-order valence-corrected chi connectivity index (χ1v) is 4.18. The van der Waals surface area contributed by atoms with E-state index in [9.17, 15) is 4.79 Å². The highest BCUT2D eigenvalue weighted by Gasteiger charge is 2.21. The minimum atomic E-state index is -0.489. The molecule has 0 amide bonds. The van der Waals surface area contributed by atoms with E-state index in [1.54, 1.807) is 7.11 Å². The number of carbonyl (C=O) groups is 1. The van der Waals surface area contributed by atoms with Crippen LogP contribution in [0.3, 0.4) is 0 Å². The zero-order valence-electron chi connectivity index (χ0n) is 8.40. The van der Waals surface area contributed by atoms with Crippen molar-refractivity contribution in [2.24, 2.45) is 0 Å². The number of methoxy groups -OCH3 is 2. The molecule has 14 heavy (non-hydrogen) atoms. The predicted molar refractivity (Wildman–Crippen MR) is 48.0 cm³/mol. The Morgan fingerprint density at radius 1 is 1.50 bits per heavy atom. The number of esters is 1. The lowest BCUT2D eigenvalue weighted by molar-refractivity contribution is 0.0591. The van der Waals surface area contributed by atoms with Gasteiger partial charge in [0.15, 0.2) is 5.69 Å². The van der Waals surface area contributed by atoms with Gasteiger partial charge in [-0.3, -0.25) is 0 Å². The summed E-state index contributed by atoms with van der Waals surface area (Å²) < 4.78 is 9.52. The van der Waals surface area contributed by atoms with Crippen LogP contribution in [0.4, 0.5) is 0 Å². The molecule has 0 aliphatic rings. The standard InChI is InChI=1S/C8H13N3O3/c1-5(4-13-2)6-7(8(12)14-3)10-11-9-6/h5H,4H2,1-3H3,(H,9,10,11). The molecule has 0 bridgehead atoms. The van der Waals surface area contributed by atoms with Gasteiger partial charge in [0, 0.05) is 13.0 Å². The van der Waals surface area contributed by atoms with Crippen LogP contribution in [0.15, 0.2) is 0 Å². The maximum absolute atomic E-state index is 11.2. The first-order valence-electron chi connectivity index (χ1n) is 4.18. The number of aromatic amines is 1. The summed E-state index contributed by atoms with van der Waals surface area (Å²) in [4.78, 5) is 11.2. The first-order chi connectivity index (χ1) is 6.70. The number of nitrogens with zero attached hydrogens (tertiary/aromatic N) is 2. The third-order valence-electron chi connectivity index (χ3n) is 1.84. The molecule has 0 fully saturated rings. The Morgan fingerprint density at radius 3 is 2.79 bits per heavy atom. The Bertz CT molecular complexity index is 311. The van der Waals surface area contributed by atoms with Crippen molar-refractivity contribution in [3.8, 4) is 0 Å². The van der Waals surface area contributed by atoms with Crippen molar-refractivity contribution in [3.05, 3.63) is 11.4 Å². The van der Waals surface area contributed by atoms with Crippen LogP contribution in [0.2, 0.25) is 0 Å². The van der Waals surface area contributed by atoms with E-state index in [1.165, 1.54) is 7.11 Å². The summed E-state index contributed by atoms with van der Waals surface area (Å²) in [6.45, 7) is 2.38. The van der Waals surface area contributed by atoms with Gasteiger partial charge in [0.25, 0.3) is 0 Å². The zero-order valence-corrected chi connectivity index (χ0v) is 8.40. The maximum Gasteiger partial charge on any atom is 0.360 e. The van der Waals surface area contributed by atoms with Gasteiger partial charge in [-0.25, -0.2) is 4.79 Å². The SMILES string of the molecule is COCC(C)c1n[nH]nc1C(=O)OC. The predicted octanol–water partition coefficient (Wildman–Crippen LogP) is 0.341. The molecule has 0 radical (unpaired) electrons. The summed E-state index contributed by atoms with van der Waals surface area (Å²) in [5, 5.41) is 10.0. The molecule has 0 aromatic carbocycles. The minimum absolute atomic E-state index is 0.00727. The van der Waals surface area contributed by atoms with Crippen LogP contribution in [0, 0.1) is 0 Å². The molecule has 0 aliphatic heterocycles. The normalized spacial score (nSPS) is 12.5. The molecule has 0 aliphatic carbocycles. The van der Waals surface area contributed by atoms with Gasteiger partial charge in [-0.1, -0.05) is 6.92 Å². The van der Waals surface area contributed by atoms with Crippen LogP contribution >= 0.6 is 0 Å². The third kappa shape index (κ3) is 2.08. The lowest BCUT2D eigenvalue weighted by atomic mass is 10.1. The van der Waals surface area contributed by atoms with Gasteiger partial charge in [-0.15, -0.1) is 5.10 Å². The highest BCUT2D eigenvalue weighted by atomic mass is 16.5. The number of aromatic nitrogens is 3. The molecule has 1 rings (SSSR count). The lowest BCUT2D eigenvalue weighted by Gasteiger charge is -2.07. The molecule has 0 saturated heterocycles.